The minimum atomic E-state index is -3.40. The van der Waals surface area contributed by atoms with Crippen molar-refractivity contribution in [1.82, 2.24) is 0 Å². The molecule has 0 unspecified atom stereocenters. The molecule has 0 spiro atoms. The lowest BCUT2D eigenvalue weighted by Gasteiger charge is -2.10. The summed E-state index contributed by atoms with van der Waals surface area (Å²) in [5.74, 6) is 0.194. The van der Waals surface area contributed by atoms with Crippen LogP contribution in [0.4, 0.5) is 11.4 Å². The highest BCUT2D eigenvalue weighted by Gasteiger charge is 2.12. The topological polar surface area (TPSA) is 78.8 Å². The smallest absolute Gasteiger partial charge is 0.232 e. The Kier molecular flexibility index (Phi) is 8.33. The molecule has 0 fully saturated rings. The van der Waals surface area contributed by atoms with Gasteiger partial charge in [0.1, 0.15) is 11.4 Å². The van der Waals surface area contributed by atoms with Crippen molar-refractivity contribution >= 4 is 27.6 Å². The van der Waals surface area contributed by atoms with Crippen molar-refractivity contribution in [3.8, 4) is 5.75 Å². The molecule has 0 aliphatic carbocycles. The minimum Gasteiger partial charge on any atom is -0.506 e. The van der Waals surface area contributed by atoms with Crippen LogP contribution in [0.3, 0.4) is 0 Å². The summed E-state index contributed by atoms with van der Waals surface area (Å²) in [4.78, 5) is 4.26. The first-order valence-electron chi connectivity index (χ1n) is 9.43. The van der Waals surface area contributed by atoms with Gasteiger partial charge in [0.15, 0.2) is 0 Å². The number of anilines is 1. The minimum absolute atomic E-state index is 0.0786. The van der Waals surface area contributed by atoms with Gasteiger partial charge in [-0.15, -0.1) is 0 Å². The van der Waals surface area contributed by atoms with Crippen LogP contribution < -0.4 is 4.72 Å². The molecule has 0 aromatic heterocycles. The van der Waals surface area contributed by atoms with Crippen LogP contribution in [0.2, 0.25) is 0 Å². The Morgan fingerprint density at radius 3 is 2.41 bits per heavy atom. The van der Waals surface area contributed by atoms with Gasteiger partial charge in [-0.1, -0.05) is 69.4 Å². The molecule has 2 aromatic carbocycles. The van der Waals surface area contributed by atoms with Crippen LogP contribution >= 0.6 is 0 Å². The lowest BCUT2D eigenvalue weighted by Crippen LogP contribution is -2.17. The molecule has 0 heterocycles. The highest BCUT2D eigenvalue weighted by Crippen LogP contribution is 2.25. The molecular weight excluding hydrogens is 360 g/mol. The van der Waals surface area contributed by atoms with E-state index in [9.17, 15) is 13.5 Å². The van der Waals surface area contributed by atoms with Gasteiger partial charge in [-0.3, -0.25) is 9.71 Å². The predicted molar refractivity (Wildman–Crippen MR) is 113 cm³/mol. The van der Waals surface area contributed by atoms with E-state index in [2.05, 4.69) is 16.6 Å². The number of nitrogens with zero attached hydrogens (tertiary/aromatic N) is 1. The molecule has 0 aliphatic rings. The predicted octanol–water partition coefficient (Wildman–Crippen LogP) is 5.25. The first-order chi connectivity index (χ1) is 13.0. The zero-order chi connectivity index (χ0) is 19.5. The fourth-order valence-corrected chi connectivity index (χ4v) is 3.91. The quantitative estimate of drug-likeness (QED) is 0.408. The molecule has 0 amide bonds. The molecule has 146 valence electrons. The highest BCUT2D eigenvalue weighted by molar-refractivity contribution is 7.92. The summed E-state index contributed by atoms with van der Waals surface area (Å²) in [6.07, 6.45) is 7.76. The number of phenols is 1. The maximum atomic E-state index is 12.4. The second-order valence-corrected chi connectivity index (χ2v) is 8.36. The van der Waals surface area contributed by atoms with Gasteiger partial charge in [0.05, 0.1) is 11.4 Å². The van der Waals surface area contributed by atoms with Crippen LogP contribution in [0, 0.1) is 0 Å². The first-order valence-corrected chi connectivity index (χ1v) is 11.1. The van der Waals surface area contributed by atoms with Crippen LogP contribution in [0.5, 0.6) is 5.75 Å². The summed E-state index contributed by atoms with van der Waals surface area (Å²) in [5.41, 5.74) is 1.57. The fraction of sp³-hybridized carbons (Fsp3) is 0.381. The maximum absolute atomic E-state index is 12.4. The molecule has 2 aromatic rings. The molecule has 0 saturated heterocycles. The van der Waals surface area contributed by atoms with E-state index >= 15 is 0 Å². The Morgan fingerprint density at radius 1 is 0.963 bits per heavy atom. The average Bonchev–Trinajstić information content (AvgIpc) is 2.65. The van der Waals surface area contributed by atoms with Crippen LogP contribution in [-0.2, 0) is 10.0 Å². The zero-order valence-corrected chi connectivity index (χ0v) is 16.6. The van der Waals surface area contributed by atoms with E-state index in [0.29, 0.717) is 23.4 Å². The van der Waals surface area contributed by atoms with Crippen molar-refractivity contribution in [2.75, 3.05) is 10.5 Å². The van der Waals surface area contributed by atoms with Gasteiger partial charge in [-0.25, -0.2) is 8.42 Å². The van der Waals surface area contributed by atoms with E-state index in [-0.39, 0.29) is 11.5 Å². The number of benzene rings is 2. The summed E-state index contributed by atoms with van der Waals surface area (Å²) in [6.45, 7) is 2.16. The van der Waals surface area contributed by atoms with Gasteiger partial charge >= 0.3 is 0 Å². The summed E-state index contributed by atoms with van der Waals surface area (Å²) < 4.78 is 27.4. The maximum Gasteiger partial charge on any atom is 0.232 e. The van der Waals surface area contributed by atoms with Gasteiger partial charge < -0.3 is 5.11 Å². The van der Waals surface area contributed by atoms with Crippen LogP contribution in [0.1, 0.15) is 51.0 Å². The standard InChI is InChI=1S/C21H28N2O3S/c1-2-3-4-5-6-11-16-27(25,26)23-19-13-8-7-12-18(19)17-22-20-14-9-10-15-21(20)24/h7-10,12-15,17,23-24H,2-6,11,16H2,1H3. The first kappa shape index (κ1) is 21.0. The van der Waals surface area contributed by atoms with E-state index < -0.39 is 10.0 Å². The molecule has 5 nitrogen and oxygen atoms in total. The number of rotatable bonds is 11. The lowest BCUT2D eigenvalue weighted by molar-refractivity contribution is 0.477. The van der Waals surface area contributed by atoms with Crippen molar-refractivity contribution < 1.29 is 13.5 Å². The third kappa shape index (κ3) is 7.43. The molecule has 0 aliphatic heterocycles. The average molecular weight is 389 g/mol. The monoisotopic (exact) mass is 388 g/mol. The van der Waals surface area contributed by atoms with Crippen molar-refractivity contribution in [2.24, 2.45) is 4.99 Å². The third-order valence-corrected chi connectivity index (χ3v) is 5.57. The number of aliphatic imine (C=N–C) groups is 1. The molecule has 2 rings (SSSR count). The van der Waals surface area contributed by atoms with Crippen molar-refractivity contribution in [2.45, 2.75) is 45.4 Å². The lowest BCUT2D eigenvalue weighted by atomic mass is 10.1. The summed E-state index contributed by atoms with van der Waals surface area (Å²) in [6, 6.07) is 13.8. The molecule has 27 heavy (non-hydrogen) atoms. The second kappa shape index (κ2) is 10.7. The summed E-state index contributed by atoms with van der Waals surface area (Å²) >= 11 is 0. The van der Waals surface area contributed by atoms with Gasteiger partial charge in [0.2, 0.25) is 10.0 Å². The second-order valence-electron chi connectivity index (χ2n) is 6.52. The molecule has 0 saturated carbocycles. The van der Waals surface area contributed by atoms with E-state index in [1.165, 1.54) is 12.8 Å². The molecule has 6 heteroatoms. The Hall–Kier alpha value is -2.34. The van der Waals surface area contributed by atoms with Crippen LogP contribution in [0.25, 0.3) is 0 Å². The van der Waals surface area contributed by atoms with Gasteiger partial charge in [0.25, 0.3) is 0 Å². The molecule has 0 bridgehead atoms. The number of hydrogen-bond donors (Lipinski definition) is 2. The Labute approximate surface area is 162 Å². The van der Waals surface area contributed by atoms with E-state index in [0.717, 1.165) is 19.3 Å². The van der Waals surface area contributed by atoms with Gasteiger partial charge in [0, 0.05) is 11.8 Å². The van der Waals surface area contributed by atoms with Crippen LogP contribution in [-0.4, -0.2) is 25.5 Å². The van der Waals surface area contributed by atoms with Crippen molar-refractivity contribution in [1.29, 1.82) is 0 Å². The normalized spacial score (nSPS) is 11.7. The number of sulfonamides is 1. The van der Waals surface area contributed by atoms with E-state index in [1.54, 1.807) is 48.7 Å². The summed E-state index contributed by atoms with van der Waals surface area (Å²) in [5, 5.41) is 9.79. The number of unbranched alkanes of at least 4 members (excludes halogenated alkanes) is 5. The number of para-hydroxylation sites is 3. The zero-order valence-electron chi connectivity index (χ0n) is 15.8. The number of phenolic OH excluding ortho intramolecular Hbond substituents is 1. The molecule has 2 N–H and O–H groups in total. The number of aromatic hydroxyl groups is 1. The van der Waals surface area contributed by atoms with Crippen LogP contribution in [0.15, 0.2) is 53.5 Å². The number of hydrogen-bond acceptors (Lipinski definition) is 4. The largest absolute Gasteiger partial charge is 0.506 e. The molecule has 0 radical (unpaired) electrons. The SMILES string of the molecule is CCCCCCCCS(=O)(=O)Nc1ccccc1C=Nc1ccccc1O. The fourth-order valence-electron chi connectivity index (χ4n) is 2.71. The molecular formula is C21H28N2O3S. The number of nitrogens with one attached hydrogen (secondary N) is 1. The van der Waals surface area contributed by atoms with Crippen molar-refractivity contribution in [3.63, 3.8) is 0 Å². The van der Waals surface area contributed by atoms with Crippen molar-refractivity contribution in [3.05, 3.63) is 54.1 Å². The van der Waals surface area contributed by atoms with Gasteiger partial charge in [-0.05, 0) is 24.6 Å². The Balaban J connectivity index is 1.99. The van der Waals surface area contributed by atoms with Gasteiger partial charge in [-0.2, -0.15) is 0 Å². The Bertz CT molecular complexity index is 848. The highest BCUT2D eigenvalue weighted by atomic mass is 32.2. The Morgan fingerprint density at radius 2 is 1.63 bits per heavy atom. The molecule has 0 atom stereocenters. The van der Waals surface area contributed by atoms with E-state index in [1.807, 2.05) is 6.07 Å². The third-order valence-electron chi connectivity index (χ3n) is 4.22. The summed E-state index contributed by atoms with van der Waals surface area (Å²) in [7, 11) is -3.40. The van der Waals surface area contributed by atoms with E-state index in [4.69, 9.17) is 0 Å².